The molecule has 1 unspecified atom stereocenters. The molecule has 0 aliphatic rings. The summed E-state index contributed by atoms with van der Waals surface area (Å²) in [5.74, 6) is 0.189. The van der Waals surface area contributed by atoms with Crippen molar-refractivity contribution in [2.24, 2.45) is 0 Å². The summed E-state index contributed by atoms with van der Waals surface area (Å²) in [6, 6.07) is 12.0. The zero-order chi connectivity index (χ0) is 12.5. The fourth-order valence-corrected chi connectivity index (χ4v) is 2.18. The molecular formula is C13H12ClN3O. The largest absolute Gasteiger partial charge is 0.390 e. The van der Waals surface area contributed by atoms with E-state index in [2.05, 4.69) is 10.3 Å². The van der Waals surface area contributed by atoms with Gasteiger partial charge < -0.3 is 5.11 Å². The summed E-state index contributed by atoms with van der Waals surface area (Å²) < 4.78 is 1.69. The molecule has 0 spiro atoms. The molecule has 0 saturated carbocycles. The molecule has 18 heavy (non-hydrogen) atoms. The van der Waals surface area contributed by atoms with Gasteiger partial charge in [-0.25, -0.2) is 4.68 Å². The van der Waals surface area contributed by atoms with Gasteiger partial charge in [-0.1, -0.05) is 35.5 Å². The summed E-state index contributed by atoms with van der Waals surface area (Å²) in [5, 5.41) is 20.1. The molecule has 0 aliphatic carbocycles. The molecule has 1 atom stereocenters. The predicted molar refractivity (Wildman–Crippen MR) is 71.8 cm³/mol. The van der Waals surface area contributed by atoms with Crippen molar-refractivity contribution in [2.75, 3.05) is 5.88 Å². The summed E-state index contributed by atoms with van der Waals surface area (Å²) in [5.41, 5.74) is 1.77. The number of aliphatic hydroxyl groups excluding tert-OH is 1. The number of fused-ring (bicyclic) bond motifs is 3. The van der Waals surface area contributed by atoms with E-state index in [0.29, 0.717) is 6.54 Å². The Labute approximate surface area is 109 Å². The smallest absolute Gasteiger partial charge is 0.121 e. The molecule has 0 radical (unpaired) electrons. The Kier molecular flexibility index (Phi) is 2.89. The quantitative estimate of drug-likeness (QED) is 0.736. The minimum atomic E-state index is -0.608. The molecule has 0 aliphatic heterocycles. The van der Waals surface area contributed by atoms with Gasteiger partial charge in [0.05, 0.1) is 24.0 Å². The molecule has 5 heteroatoms. The Hall–Kier alpha value is -1.65. The van der Waals surface area contributed by atoms with Crippen LogP contribution in [0.15, 0.2) is 36.4 Å². The normalized spacial score (nSPS) is 13.2. The number of alkyl halides is 1. The molecule has 0 fully saturated rings. The Bertz CT molecular complexity index is 695. The molecule has 3 rings (SSSR count). The lowest BCUT2D eigenvalue weighted by atomic mass is 10.1. The lowest BCUT2D eigenvalue weighted by Gasteiger charge is -2.06. The highest BCUT2D eigenvalue weighted by atomic mass is 35.5. The van der Waals surface area contributed by atoms with Gasteiger partial charge in [-0.2, -0.15) is 0 Å². The van der Waals surface area contributed by atoms with Crippen LogP contribution < -0.4 is 0 Å². The second-order valence-electron chi connectivity index (χ2n) is 4.23. The molecule has 92 valence electrons. The average molecular weight is 262 g/mol. The topological polar surface area (TPSA) is 50.9 Å². The van der Waals surface area contributed by atoms with Gasteiger partial charge in [-0.3, -0.25) is 0 Å². The van der Waals surface area contributed by atoms with E-state index in [0.717, 1.165) is 21.8 Å². The fraction of sp³-hybridized carbons (Fsp3) is 0.231. The number of rotatable bonds is 3. The average Bonchev–Trinajstić information content (AvgIpc) is 2.82. The maximum atomic E-state index is 9.58. The summed E-state index contributed by atoms with van der Waals surface area (Å²) in [4.78, 5) is 0. The first-order chi connectivity index (χ1) is 8.79. The van der Waals surface area contributed by atoms with Crippen LogP contribution in [-0.4, -0.2) is 32.1 Å². The van der Waals surface area contributed by atoms with Crippen molar-refractivity contribution in [1.29, 1.82) is 0 Å². The van der Waals surface area contributed by atoms with Crippen LogP contribution in [0, 0.1) is 0 Å². The summed E-state index contributed by atoms with van der Waals surface area (Å²) in [6.07, 6.45) is -0.608. The lowest BCUT2D eigenvalue weighted by Crippen LogP contribution is -2.18. The van der Waals surface area contributed by atoms with E-state index in [1.54, 1.807) is 4.68 Å². The molecule has 0 amide bonds. The van der Waals surface area contributed by atoms with Crippen molar-refractivity contribution < 1.29 is 5.11 Å². The molecule has 1 heterocycles. The van der Waals surface area contributed by atoms with Crippen LogP contribution in [0.3, 0.4) is 0 Å². The van der Waals surface area contributed by atoms with Gasteiger partial charge in [0.25, 0.3) is 0 Å². The van der Waals surface area contributed by atoms with Gasteiger partial charge in [0.2, 0.25) is 0 Å². The molecule has 1 aromatic heterocycles. The van der Waals surface area contributed by atoms with E-state index in [4.69, 9.17) is 11.6 Å². The molecular weight excluding hydrogens is 250 g/mol. The number of benzene rings is 2. The van der Waals surface area contributed by atoms with Crippen LogP contribution in [0.1, 0.15) is 0 Å². The van der Waals surface area contributed by atoms with Gasteiger partial charge >= 0.3 is 0 Å². The number of nitrogens with zero attached hydrogens (tertiary/aromatic N) is 3. The Morgan fingerprint density at radius 2 is 2.06 bits per heavy atom. The van der Waals surface area contributed by atoms with Crippen molar-refractivity contribution in [1.82, 2.24) is 15.0 Å². The maximum absolute atomic E-state index is 9.58. The third kappa shape index (κ3) is 1.83. The van der Waals surface area contributed by atoms with Crippen LogP contribution in [0.5, 0.6) is 0 Å². The highest BCUT2D eigenvalue weighted by Gasteiger charge is 2.10. The van der Waals surface area contributed by atoms with Gasteiger partial charge in [-0.05, 0) is 11.5 Å². The molecule has 2 aromatic carbocycles. The molecule has 0 saturated heterocycles. The monoisotopic (exact) mass is 261 g/mol. The van der Waals surface area contributed by atoms with Crippen LogP contribution in [0.25, 0.3) is 21.8 Å². The Balaban J connectivity index is 2.17. The number of hydrogen-bond donors (Lipinski definition) is 1. The van der Waals surface area contributed by atoms with Crippen molar-refractivity contribution in [3.05, 3.63) is 36.4 Å². The summed E-state index contributed by atoms with van der Waals surface area (Å²) in [6.45, 7) is 0.359. The Morgan fingerprint density at radius 1 is 1.22 bits per heavy atom. The van der Waals surface area contributed by atoms with E-state index < -0.39 is 6.10 Å². The highest BCUT2D eigenvalue weighted by Crippen LogP contribution is 2.23. The zero-order valence-corrected chi connectivity index (χ0v) is 10.4. The highest BCUT2D eigenvalue weighted by molar-refractivity contribution is 6.18. The van der Waals surface area contributed by atoms with Crippen molar-refractivity contribution in [2.45, 2.75) is 12.6 Å². The predicted octanol–water partition coefficient (Wildman–Crippen LogP) is 2.18. The fourth-order valence-electron chi connectivity index (χ4n) is 2.09. The van der Waals surface area contributed by atoms with E-state index in [1.165, 1.54) is 0 Å². The second kappa shape index (κ2) is 4.55. The van der Waals surface area contributed by atoms with Gasteiger partial charge in [0.1, 0.15) is 5.52 Å². The van der Waals surface area contributed by atoms with E-state index in [1.807, 2.05) is 36.4 Å². The third-order valence-corrected chi connectivity index (χ3v) is 3.33. The minimum Gasteiger partial charge on any atom is -0.390 e. The summed E-state index contributed by atoms with van der Waals surface area (Å²) >= 11 is 5.60. The van der Waals surface area contributed by atoms with Crippen LogP contribution in [-0.2, 0) is 6.54 Å². The van der Waals surface area contributed by atoms with Gasteiger partial charge in [0.15, 0.2) is 0 Å². The van der Waals surface area contributed by atoms with Crippen LogP contribution >= 0.6 is 11.6 Å². The molecule has 3 aromatic rings. The standard InChI is InChI=1S/C13H12ClN3O/c14-7-10(18)8-17-12-6-5-9-3-1-2-4-11(9)13(12)15-16-17/h1-6,10,18H,7-8H2. The lowest BCUT2D eigenvalue weighted by molar-refractivity contribution is 0.172. The third-order valence-electron chi connectivity index (χ3n) is 2.97. The molecule has 4 nitrogen and oxygen atoms in total. The van der Waals surface area contributed by atoms with Crippen molar-refractivity contribution >= 4 is 33.4 Å². The van der Waals surface area contributed by atoms with Gasteiger partial charge in [-0.15, -0.1) is 16.7 Å². The second-order valence-corrected chi connectivity index (χ2v) is 4.54. The van der Waals surface area contributed by atoms with E-state index in [-0.39, 0.29) is 5.88 Å². The Morgan fingerprint density at radius 3 is 2.89 bits per heavy atom. The first-order valence-corrected chi connectivity index (χ1v) is 6.28. The van der Waals surface area contributed by atoms with E-state index in [9.17, 15) is 5.11 Å². The van der Waals surface area contributed by atoms with E-state index >= 15 is 0 Å². The van der Waals surface area contributed by atoms with Crippen LogP contribution in [0.4, 0.5) is 0 Å². The number of halogens is 1. The van der Waals surface area contributed by atoms with Crippen LogP contribution in [0.2, 0.25) is 0 Å². The SMILES string of the molecule is OC(CCl)Cn1nnc2c3ccccc3ccc21. The number of aliphatic hydroxyl groups is 1. The number of hydrogen-bond acceptors (Lipinski definition) is 3. The zero-order valence-electron chi connectivity index (χ0n) is 9.62. The minimum absolute atomic E-state index is 0.189. The first kappa shape index (κ1) is 11.4. The number of aromatic nitrogens is 3. The van der Waals surface area contributed by atoms with Crippen molar-refractivity contribution in [3.8, 4) is 0 Å². The molecule has 1 N–H and O–H groups in total. The molecule has 0 bridgehead atoms. The first-order valence-electron chi connectivity index (χ1n) is 5.74. The summed E-state index contributed by atoms with van der Waals surface area (Å²) in [7, 11) is 0. The van der Waals surface area contributed by atoms with Gasteiger partial charge in [0, 0.05) is 5.39 Å². The van der Waals surface area contributed by atoms with Crippen molar-refractivity contribution in [3.63, 3.8) is 0 Å². The maximum Gasteiger partial charge on any atom is 0.121 e.